The van der Waals surface area contributed by atoms with Crippen LogP contribution < -0.4 is 15.8 Å². The molecule has 0 spiro atoms. The lowest BCUT2D eigenvalue weighted by molar-refractivity contribution is -0.137. The van der Waals surface area contributed by atoms with Crippen LogP contribution in [-0.4, -0.2) is 20.6 Å². The molecule has 7 nitrogen and oxygen atoms in total. The zero-order valence-corrected chi connectivity index (χ0v) is 20.0. The van der Waals surface area contributed by atoms with E-state index in [1.54, 1.807) is 19.1 Å². The first-order chi connectivity index (χ1) is 17.5. The first-order valence-corrected chi connectivity index (χ1v) is 11.6. The maximum Gasteiger partial charge on any atom is 0.416 e. The van der Waals surface area contributed by atoms with Crippen LogP contribution in [0.3, 0.4) is 0 Å². The van der Waals surface area contributed by atoms with E-state index in [-0.39, 0.29) is 27.7 Å². The van der Waals surface area contributed by atoms with Crippen LogP contribution in [0.2, 0.25) is 0 Å². The molecule has 10 heteroatoms. The van der Waals surface area contributed by atoms with Crippen molar-refractivity contribution in [3.8, 4) is 0 Å². The Balaban J connectivity index is 1.67. The summed E-state index contributed by atoms with van der Waals surface area (Å²) in [6.07, 6.45) is -4.69. The third-order valence-corrected chi connectivity index (χ3v) is 6.63. The van der Waals surface area contributed by atoms with Gasteiger partial charge >= 0.3 is 12.1 Å². The molecular weight excluding hydrogens is 485 g/mol. The molecule has 2 N–H and O–H groups in total. The van der Waals surface area contributed by atoms with Gasteiger partial charge in [-0.05, 0) is 42.3 Å². The van der Waals surface area contributed by atoms with E-state index in [1.807, 2.05) is 29.2 Å². The third kappa shape index (κ3) is 4.39. The molecule has 5 rings (SSSR count). The monoisotopic (exact) mass is 508 g/mol. The van der Waals surface area contributed by atoms with E-state index in [0.29, 0.717) is 19.0 Å². The summed E-state index contributed by atoms with van der Waals surface area (Å²) in [6, 6.07) is 15.0. The Labute approximate surface area is 209 Å². The Hall–Kier alpha value is -4.34. The standard InChI is InChI=1S/C27H23F3N4O3/c1-15(31-22-10-6-5-9-19(22)25(36)37)20-11-18(27(28,29)30)12-21-23(20)32-26(33(2)24(21)35)34-13-16-7-3-4-8-17(16)14-34/h3-12,15,31H,13-14H2,1-2H3,(H,36,37). The molecule has 37 heavy (non-hydrogen) atoms. The second-order valence-electron chi connectivity index (χ2n) is 9.08. The predicted octanol–water partition coefficient (Wildman–Crippen LogP) is 5.34. The molecule has 0 bridgehead atoms. The Morgan fingerprint density at radius 2 is 1.68 bits per heavy atom. The normalized spacial score (nSPS) is 14.0. The number of hydrogen-bond acceptors (Lipinski definition) is 5. The second-order valence-corrected chi connectivity index (χ2v) is 9.08. The number of carboxylic acids is 1. The molecule has 1 aliphatic rings. The van der Waals surface area contributed by atoms with Gasteiger partial charge in [0.05, 0.1) is 28.1 Å². The summed E-state index contributed by atoms with van der Waals surface area (Å²) in [5, 5.41) is 12.4. The minimum Gasteiger partial charge on any atom is -0.478 e. The van der Waals surface area contributed by atoms with E-state index in [0.717, 1.165) is 23.3 Å². The molecule has 1 atom stereocenters. The Morgan fingerprint density at radius 3 is 2.30 bits per heavy atom. The predicted molar refractivity (Wildman–Crippen MR) is 134 cm³/mol. The molecule has 0 radical (unpaired) electrons. The van der Waals surface area contributed by atoms with Gasteiger partial charge in [-0.25, -0.2) is 9.78 Å². The second kappa shape index (κ2) is 8.95. The molecule has 0 saturated heterocycles. The van der Waals surface area contributed by atoms with Gasteiger partial charge in [-0.15, -0.1) is 0 Å². The molecular formula is C27H23F3N4O3. The average Bonchev–Trinajstić information content (AvgIpc) is 3.29. The SMILES string of the molecule is CC(Nc1ccccc1C(=O)O)c1cc(C(F)(F)F)cc2c(=O)n(C)c(N3Cc4ccccc4C3)nc12. The number of anilines is 2. The fourth-order valence-corrected chi connectivity index (χ4v) is 4.75. The summed E-state index contributed by atoms with van der Waals surface area (Å²) in [5.74, 6) is -0.833. The van der Waals surface area contributed by atoms with Gasteiger partial charge in [0.15, 0.2) is 0 Å². The van der Waals surface area contributed by atoms with E-state index < -0.39 is 29.3 Å². The van der Waals surface area contributed by atoms with Crippen molar-refractivity contribution in [2.75, 3.05) is 10.2 Å². The van der Waals surface area contributed by atoms with E-state index in [2.05, 4.69) is 5.32 Å². The van der Waals surface area contributed by atoms with Gasteiger partial charge < -0.3 is 15.3 Å². The third-order valence-electron chi connectivity index (χ3n) is 6.63. The number of nitrogens with one attached hydrogen (secondary N) is 1. The minimum atomic E-state index is -4.69. The van der Waals surface area contributed by atoms with Crippen molar-refractivity contribution in [3.63, 3.8) is 0 Å². The van der Waals surface area contributed by atoms with Crippen LogP contribution in [0.15, 0.2) is 65.5 Å². The van der Waals surface area contributed by atoms with Gasteiger partial charge in [-0.3, -0.25) is 9.36 Å². The summed E-state index contributed by atoms with van der Waals surface area (Å²) in [7, 11) is 1.50. The summed E-state index contributed by atoms with van der Waals surface area (Å²) in [6.45, 7) is 2.63. The Morgan fingerprint density at radius 1 is 1.05 bits per heavy atom. The number of aromatic nitrogens is 2. The number of carboxylic acid groups (broad SMARTS) is 1. The summed E-state index contributed by atoms with van der Waals surface area (Å²) in [4.78, 5) is 31.6. The van der Waals surface area contributed by atoms with Crippen LogP contribution >= 0.6 is 0 Å². The maximum absolute atomic E-state index is 13.8. The summed E-state index contributed by atoms with van der Waals surface area (Å²) >= 11 is 0. The van der Waals surface area contributed by atoms with Gasteiger partial charge in [-0.2, -0.15) is 13.2 Å². The fraction of sp³-hybridized carbons (Fsp3) is 0.222. The zero-order valence-electron chi connectivity index (χ0n) is 20.0. The van der Waals surface area contributed by atoms with Gasteiger partial charge in [0.25, 0.3) is 5.56 Å². The molecule has 1 unspecified atom stereocenters. The molecule has 2 heterocycles. The highest BCUT2D eigenvalue weighted by Gasteiger charge is 2.33. The van der Waals surface area contributed by atoms with Crippen LogP contribution in [-0.2, 0) is 26.3 Å². The highest BCUT2D eigenvalue weighted by Crippen LogP contribution is 2.36. The van der Waals surface area contributed by atoms with Gasteiger partial charge in [0.1, 0.15) is 0 Å². The van der Waals surface area contributed by atoms with Crippen LogP contribution in [0.25, 0.3) is 10.9 Å². The molecule has 1 aromatic heterocycles. The quantitative estimate of drug-likeness (QED) is 0.378. The number of nitrogens with zero attached hydrogens (tertiary/aromatic N) is 3. The lowest BCUT2D eigenvalue weighted by atomic mass is 9.99. The lowest BCUT2D eigenvalue weighted by Crippen LogP contribution is -2.29. The van der Waals surface area contributed by atoms with Crippen molar-refractivity contribution >= 4 is 28.5 Å². The topological polar surface area (TPSA) is 87.5 Å². The number of rotatable bonds is 5. The van der Waals surface area contributed by atoms with Crippen molar-refractivity contribution in [2.24, 2.45) is 7.05 Å². The lowest BCUT2D eigenvalue weighted by Gasteiger charge is -2.23. The number of carbonyl (C=O) groups is 1. The maximum atomic E-state index is 13.8. The average molecular weight is 509 g/mol. The number of halogens is 3. The highest BCUT2D eigenvalue weighted by molar-refractivity contribution is 5.94. The molecule has 1 aliphatic heterocycles. The van der Waals surface area contributed by atoms with Crippen LogP contribution in [0.5, 0.6) is 0 Å². The molecule has 0 amide bonds. The zero-order chi connectivity index (χ0) is 26.5. The van der Waals surface area contributed by atoms with E-state index >= 15 is 0 Å². The van der Waals surface area contributed by atoms with Gasteiger partial charge in [-0.1, -0.05) is 36.4 Å². The highest BCUT2D eigenvalue weighted by atomic mass is 19.4. The fourth-order valence-electron chi connectivity index (χ4n) is 4.75. The Kier molecular flexibility index (Phi) is 5.89. The number of fused-ring (bicyclic) bond motifs is 2. The molecule has 4 aromatic rings. The Bertz CT molecular complexity index is 1570. The molecule has 0 fully saturated rings. The van der Waals surface area contributed by atoms with Crippen molar-refractivity contribution in [1.29, 1.82) is 0 Å². The molecule has 0 aliphatic carbocycles. The van der Waals surface area contributed by atoms with E-state index in [4.69, 9.17) is 4.98 Å². The molecule has 0 saturated carbocycles. The molecule has 190 valence electrons. The van der Waals surface area contributed by atoms with Crippen molar-refractivity contribution in [2.45, 2.75) is 32.2 Å². The van der Waals surface area contributed by atoms with E-state index in [1.165, 1.54) is 23.7 Å². The van der Waals surface area contributed by atoms with Crippen LogP contribution in [0.4, 0.5) is 24.8 Å². The number of hydrogen-bond donors (Lipinski definition) is 2. The number of aromatic carboxylic acids is 1. The first kappa shape index (κ1) is 24.4. The van der Waals surface area contributed by atoms with Crippen molar-refractivity contribution in [1.82, 2.24) is 9.55 Å². The van der Waals surface area contributed by atoms with Crippen molar-refractivity contribution < 1.29 is 23.1 Å². The number of alkyl halides is 3. The van der Waals surface area contributed by atoms with Crippen LogP contribution in [0.1, 0.15) is 45.6 Å². The summed E-state index contributed by atoms with van der Waals surface area (Å²) < 4.78 is 42.8. The van der Waals surface area contributed by atoms with Gasteiger partial charge in [0.2, 0.25) is 5.95 Å². The van der Waals surface area contributed by atoms with E-state index in [9.17, 15) is 27.9 Å². The first-order valence-electron chi connectivity index (χ1n) is 11.6. The largest absolute Gasteiger partial charge is 0.478 e. The van der Waals surface area contributed by atoms with Crippen molar-refractivity contribution in [3.05, 3.63) is 98.8 Å². The van der Waals surface area contributed by atoms with Crippen LogP contribution in [0, 0.1) is 0 Å². The summed E-state index contributed by atoms with van der Waals surface area (Å²) in [5.41, 5.74) is 1.10. The number of benzene rings is 3. The minimum absolute atomic E-state index is 0.0231. The smallest absolute Gasteiger partial charge is 0.416 e. The number of para-hydroxylation sites is 1. The molecule has 3 aromatic carbocycles. The van der Waals surface area contributed by atoms with Gasteiger partial charge in [0, 0.05) is 31.4 Å².